The summed E-state index contributed by atoms with van der Waals surface area (Å²) in [6.45, 7) is 7.95. The van der Waals surface area contributed by atoms with E-state index in [1.165, 1.54) is 11.1 Å². The predicted octanol–water partition coefficient (Wildman–Crippen LogP) is 3.34. The maximum Gasteiger partial charge on any atom is 0.156 e. The van der Waals surface area contributed by atoms with Crippen molar-refractivity contribution in [3.63, 3.8) is 0 Å². The van der Waals surface area contributed by atoms with Gasteiger partial charge >= 0.3 is 0 Å². The molecule has 1 aliphatic rings. The lowest BCUT2D eigenvalue weighted by Crippen LogP contribution is -2.21. The lowest BCUT2D eigenvalue weighted by Gasteiger charge is -2.22. The molecule has 0 heterocycles. The molecule has 78 valence electrons. The summed E-state index contributed by atoms with van der Waals surface area (Å²) in [7, 11) is 0. The van der Waals surface area contributed by atoms with Gasteiger partial charge in [-0.1, -0.05) is 38.1 Å². The Balaban J connectivity index is 2.74. The molecule has 1 heteroatoms. The summed E-state index contributed by atoms with van der Waals surface area (Å²) in [5.74, 6) is 0.189. The second-order valence-corrected chi connectivity index (χ2v) is 4.73. The molecule has 0 aromatic heterocycles. The first kappa shape index (κ1) is 10.2. The predicted molar refractivity (Wildman–Crippen MR) is 62.7 cm³/mol. The number of Topliss-reactive ketones (excluding diaryl/α,β-unsaturated/α-hetero) is 1. The van der Waals surface area contributed by atoms with Crippen LogP contribution in [0.3, 0.4) is 0 Å². The van der Waals surface area contributed by atoms with Gasteiger partial charge in [0.2, 0.25) is 0 Å². The lowest BCUT2D eigenvalue weighted by molar-refractivity contribution is -0.114. The Bertz CT molecular complexity index is 464. The number of hydrogen-bond acceptors (Lipinski definition) is 1. The van der Waals surface area contributed by atoms with Gasteiger partial charge in [-0.2, -0.15) is 0 Å². The van der Waals surface area contributed by atoms with E-state index in [9.17, 15) is 4.79 Å². The minimum Gasteiger partial charge on any atom is -0.295 e. The average molecular weight is 200 g/mol. The maximum absolute atomic E-state index is 11.7. The Kier molecular flexibility index (Phi) is 2.07. The van der Waals surface area contributed by atoms with Gasteiger partial charge in [-0.25, -0.2) is 0 Å². The largest absolute Gasteiger partial charge is 0.295 e. The molecule has 0 unspecified atom stereocenters. The van der Waals surface area contributed by atoms with Gasteiger partial charge in [-0.3, -0.25) is 4.79 Å². The molecule has 0 amide bonds. The first-order valence-electron chi connectivity index (χ1n) is 5.28. The van der Waals surface area contributed by atoms with Crippen molar-refractivity contribution in [2.24, 2.45) is 0 Å². The molecule has 0 atom stereocenters. The zero-order valence-corrected chi connectivity index (χ0v) is 9.72. The number of ketones is 1. The van der Waals surface area contributed by atoms with Gasteiger partial charge in [0.1, 0.15) is 0 Å². The monoisotopic (exact) mass is 200 g/mol. The van der Waals surface area contributed by atoms with Crippen LogP contribution in [0.5, 0.6) is 0 Å². The lowest BCUT2D eigenvalue weighted by atomic mass is 9.80. The molecule has 0 spiro atoms. The second-order valence-electron chi connectivity index (χ2n) is 4.73. The highest BCUT2D eigenvalue weighted by molar-refractivity contribution is 6.06. The topological polar surface area (TPSA) is 17.1 Å². The number of hydrogen-bond donors (Lipinski definition) is 0. The van der Waals surface area contributed by atoms with E-state index in [-0.39, 0.29) is 11.2 Å². The highest BCUT2D eigenvalue weighted by atomic mass is 16.1. The van der Waals surface area contributed by atoms with Crippen molar-refractivity contribution in [1.29, 1.82) is 0 Å². The zero-order valence-electron chi connectivity index (χ0n) is 9.72. The molecule has 15 heavy (non-hydrogen) atoms. The second kappa shape index (κ2) is 3.06. The zero-order chi connectivity index (χ0) is 11.2. The Morgan fingerprint density at radius 1 is 1.20 bits per heavy atom. The summed E-state index contributed by atoms with van der Waals surface area (Å²) in [5, 5.41) is 0. The van der Waals surface area contributed by atoms with Crippen LogP contribution in [-0.2, 0) is 10.2 Å². The van der Waals surface area contributed by atoms with Crippen molar-refractivity contribution < 1.29 is 4.79 Å². The molecule has 0 aliphatic heterocycles. The molecule has 1 nitrogen and oxygen atoms in total. The molecule has 0 saturated heterocycles. The molecular weight excluding hydrogens is 184 g/mol. The quantitative estimate of drug-likeness (QED) is 0.679. The number of carbonyl (C=O) groups is 1. The fraction of sp³-hybridized carbons (Fsp3) is 0.357. The van der Waals surface area contributed by atoms with Gasteiger partial charge in [-0.15, -0.1) is 0 Å². The van der Waals surface area contributed by atoms with E-state index in [2.05, 4.69) is 26.0 Å². The number of carbonyl (C=O) groups excluding carboxylic acids is 1. The molecule has 1 aromatic carbocycles. The standard InChI is InChI=1S/C14H16O/c1-9-11-7-5-6-8-12(11)14(3,4)13(9)10(2)15/h5-8H,1-4H3. The number of allylic oxidation sites excluding steroid dienone is 2. The van der Waals surface area contributed by atoms with Crippen LogP contribution in [0.25, 0.3) is 5.57 Å². The van der Waals surface area contributed by atoms with E-state index < -0.39 is 0 Å². The maximum atomic E-state index is 11.7. The van der Waals surface area contributed by atoms with E-state index >= 15 is 0 Å². The summed E-state index contributed by atoms with van der Waals surface area (Å²) in [6, 6.07) is 8.29. The minimum absolute atomic E-state index is 0.132. The van der Waals surface area contributed by atoms with Crippen molar-refractivity contribution in [2.75, 3.05) is 0 Å². The van der Waals surface area contributed by atoms with E-state index in [0.717, 1.165) is 11.1 Å². The van der Waals surface area contributed by atoms with E-state index in [1.54, 1.807) is 6.92 Å². The molecule has 0 N–H and O–H groups in total. The van der Waals surface area contributed by atoms with Crippen LogP contribution in [0, 0.1) is 0 Å². The minimum atomic E-state index is -0.132. The normalized spacial score (nSPS) is 17.9. The van der Waals surface area contributed by atoms with Gasteiger partial charge in [-0.05, 0) is 30.5 Å². The van der Waals surface area contributed by atoms with Crippen LogP contribution in [-0.4, -0.2) is 5.78 Å². The molecule has 1 aromatic rings. The highest BCUT2D eigenvalue weighted by Gasteiger charge is 2.37. The molecule has 0 radical (unpaired) electrons. The SMILES string of the molecule is CC(=O)C1=C(C)c2ccccc2C1(C)C. The van der Waals surface area contributed by atoms with Crippen LogP contribution in [0.4, 0.5) is 0 Å². The van der Waals surface area contributed by atoms with Gasteiger partial charge in [0.25, 0.3) is 0 Å². The third-order valence-corrected chi connectivity index (χ3v) is 3.36. The van der Waals surface area contributed by atoms with E-state index in [4.69, 9.17) is 0 Å². The first-order chi connectivity index (χ1) is 6.96. The first-order valence-corrected chi connectivity index (χ1v) is 5.28. The highest BCUT2D eigenvalue weighted by Crippen LogP contribution is 2.45. The van der Waals surface area contributed by atoms with Crippen molar-refractivity contribution in [3.8, 4) is 0 Å². The number of rotatable bonds is 1. The smallest absolute Gasteiger partial charge is 0.156 e. The third kappa shape index (κ3) is 1.26. The van der Waals surface area contributed by atoms with Crippen molar-refractivity contribution >= 4 is 11.4 Å². The van der Waals surface area contributed by atoms with Gasteiger partial charge < -0.3 is 0 Å². The van der Waals surface area contributed by atoms with Crippen molar-refractivity contribution in [3.05, 3.63) is 41.0 Å². The van der Waals surface area contributed by atoms with Gasteiger partial charge in [0.15, 0.2) is 5.78 Å². The summed E-state index contributed by atoms with van der Waals surface area (Å²) in [4.78, 5) is 11.7. The molecule has 1 aliphatic carbocycles. The Morgan fingerprint density at radius 3 is 2.33 bits per heavy atom. The molecule has 0 bridgehead atoms. The van der Waals surface area contributed by atoms with Crippen LogP contribution in [0.2, 0.25) is 0 Å². The average Bonchev–Trinajstić information content (AvgIpc) is 2.36. The Morgan fingerprint density at radius 2 is 1.80 bits per heavy atom. The van der Waals surface area contributed by atoms with E-state index in [1.807, 2.05) is 19.1 Å². The van der Waals surface area contributed by atoms with Gasteiger partial charge in [0, 0.05) is 11.0 Å². The van der Waals surface area contributed by atoms with Crippen LogP contribution >= 0.6 is 0 Å². The third-order valence-electron chi connectivity index (χ3n) is 3.36. The Hall–Kier alpha value is -1.37. The summed E-state index contributed by atoms with van der Waals surface area (Å²) < 4.78 is 0. The fourth-order valence-corrected chi connectivity index (χ4v) is 2.80. The summed E-state index contributed by atoms with van der Waals surface area (Å²) in [5.41, 5.74) is 4.47. The molecule has 0 saturated carbocycles. The van der Waals surface area contributed by atoms with Crippen LogP contribution < -0.4 is 0 Å². The van der Waals surface area contributed by atoms with Crippen LogP contribution in [0.1, 0.15) is 38.8 Å². The van der Waals surface area contributed by atoms with E-state index in [0.29, 0.717) is 0 Å². The molecular formula is C14H16O. The van der Waals surface area contributed by atoms with Gasteiger partial charge in [0.05, 0.1) is 0 Å². The van der Waals surface area contributed by atoms with Crippen molar-refractivity contribution in [1.82, 2.24) is 0 Å². The van der Waals surface area contributed by atoms with Crippen LogP contribution in [0.15, 0.2) is 29.8 Å². The number of fused-ring (bicyclic) bond motifs is 1. The molecule has 0 fully saturated rings. The Labute approximate surface area is 90.8 Å². The van der Waals surface area contributed by atoms with Crippen molar-refractivity contribution in [2.45, 2.75) is 33.1 Å². The fourth-order valence-electron chi connectivity index (χ4n) is 2.80. The summed E-state index contributed by atoms with van der Waals surface area (Å²) in [6.07, 6.45) is 0. The molecule has 2 rings (SSSR count). The number of benzene rings is 1. The summed E-state index contributed by atoms with van der Waals surface area (Å²) >= 11 is 0.